The van der Waals surface area contributed by atoms with Crippen molar-refractivity contribution in [2.45, 2.75) is 38.6 Å². The maximum Gasteiger partial charge on any atom is 0.277 e. The lowest BCUT2D eigenvalue weighted by Crippen LogP contribution is -2.41. The van der Waals surface area contributed by atoms with Crippen molar-refractivity contribution >= 4 is 23.2 Å². The second-order valence-electron chi connectivity index (χ2n) is 8.75. The fourth-order valence-corrected chi connectivity index (χ4v) is 4.84. The molecule has 0 bridgehead atoms. The Morgan fingerprint density at radius 3 is 2.67 bits per heavy atom. The van der Waals surface area contributed by atoms with Crippen LogP contribution in [0.1, 0.15) is 57.7 Å². The molecular formula is C26H25N5O2. The van der Waals surface area contributed by atoms with E-state index < -0.39 is 5.91 Å². The minimum atomic E-state index is -0.423. The molecule has 166 valence electrons. The van der Waals surface area contributed by atoms with E-state index in [1.54, 1.807) is 33.8 Å². The summed E-state index contributed by atoms with van der Waals surface area (Å²) in [5.41, 5.74) is 3.59. The van der Waals surface area contributed by atoms with Crippen molar-refractivity contribution in [3.05, 3.63) is 77.1 Å². The van der Waals surface area contributed by atoms with Crippen LogP contribution in [0.5, 0.6) is 0 Å². The normalized spacial score (nSPS) is 15.8. The number of carbonyl (C=O) groups is 2. The third kappa shape index (κ3) is 4.24. The van der Waals surface area contributed by atoms with Crippen LogP contribution < -0.4 is 10.2 Å². The lowest BCUT2D eigenvalue weighted by atomic mass is 9.98. The smallest absolute Gasteiger partial charge is 0.277 e. The molecule has 0 radical (unpaired) electrons. The Labute approximate surface area is 192 Å². The maximum atomic E-state index is 13.4. The largest absolute Gasteiger partial charge is 0.322 e. The van der Waals surface area contributed by atoms with Gasteiger partial charge >= 0.3 is 0 Å². The molecule has 2 aliphatic rings. The van der Waals surface area contributed by atoms with Crippen LogP contribution in [0, 0.1) is 17.2 Å². The third-order valence-electron chi connectivity index (χ3n) is 6.56. The Morgan fingerprint density at radius 2 is 1.91 bits per heavy atom. The Bertz CT molecular complexity index is 1230. The minimum absolute atomic E-state index is 0.227. The highest BCUT2D eigenvalue weighted by atomic mass is 16.2. The Balaban J connectivity index is 1.34. The highest BCUT2D eigenvalue weighted by Gasteiger charge is 2.32. The molecule has 2 amide bonds. The van der Waals surface area contributed by atoms with Crippen molar-refractivity contribution in [2.24, 2.45) is 5.92 Å². The number of rotatable bonds is 5. The summed E-state index contributed by atoms with van der Waals surface area (Å²) in [7, 11) is 0. The monoisotopic (exact) mass is 439 g/mol. The highest BCUT2D eigenvalue weighted by Crippen LogP contribution is 2.29. The summed E-state index contributed by atoms with van der Waals surface area (Å²) < 4.78 is 1.59. The molecule has 1 aliphatic carbocycles. The number of aromatic nitrogens is 2. The quantitative estimate of drug-likeness (QED) is 0.638. The van der Waals surface area contributed by atoms with Crippen LogP contribution in [0.4, 0.5) is 11.4 Å². The van der Waals surface area contributed by atoms with Crippen LogP contribution in [-0.2, 0) is 13.0 Å². The van der Waals surface area contributed by atoms with Gasteiger partial charge in [-0.2, -0.15) is 10.4 Å². The van der Waals surface area contributed by atoms with E-state index >= 15 is 0 Å². The molecule has 0 spiro atoms. The molecule has 7 nitrogen and oxygen atoms in total. The van der Waals surface area contributed by atoms with Gasteiger partial charge in [-0.1, -0.05) is 43.9 Å². The number of hydrogen-bond acceptors (Lipinski definition) is 4. The first-order valence-corrected chi connectivity index (χ1v) is 11.4. The molecule has 2 aromatic carbocycles. The fourth-order valence-electron chi connectivity index (χ4n) is 4.84. The van der Waals surface area contributed by atoms with Gasteiger partial charge < -0.3 is 10.2 Å². The van der Waals surface area contributed by atoms with Crippen molar-refractivity contribution in [3.8, 4) is 6.07 Å². The summed E-state index contributed by atoms with van der Waals surface area (Å²) in [6, 6.07) is 16.9. The number of nitriles is 1. The van der Waals surface area contributed by atoms with Crippen molar-refractivity contribution in [3.63, 3.8) is 0 Å². The predicted molar refractivity (Wildman–Crippen MR) is 125 cm³/mol. The molecule has 3 aromatic rings. The SMILES string of the molecule is N#Cc1cccc(NC(=O)c2cnn3c2C(=O)N(c2ccc(CC4CCCC4)cc2)CC3)c1. The zero-order chi connectivity index (χ0) is 22.8. The van der Waals surface area contributed by atoms with Gasteiger partial charge in [-0.15, -0.1) is 0 Å². The zero-order valence-corrected chi connectivity index (χ0v) is 18.3. The maximum absolute atomic E-state index is 13.4. The zero-order valence-electron chi connectivity index (χ0n) is 18.3. The van der Waals surface area contributed by atoms with Crippen LogP contribution in [-0.4, -0.2) is 28.1 Å². The fraction of sp³-hybridized carbons (Fsp3) is 0.308. The van der Waals surface area contributed by atoms with Gasteiger partial charge in [0.05, 0.1) is 29.9 Å². The van der Waals surface area contributed by atoms with Gasteiger partial charge in [0.2, 0.25) is 0 Å². The number of amides is 2. The molecule has 5 rings (SSSR count). The average Bonchev–Trinajstić information content (AvgIpc) is 3.50. The first kappa shape index (κ1) is 21.0. The number of fused-ring (bicyclic) bond motifs is 1. The van der Waals surface area contributed by atoms with Crippen LogP contribution in [0.3, 0.4) is 0 Å². The molecule has 33 heavy (non-hydrogen) atoms. The van der Waals surface area contributed by atoms with Gasteiger partial charge in [0.25, 0.3) is 11.8 Å². The molecule has 0 unspecified atom stereocenters. The van der Waals surface area contributed by atoms with Crippen molar-refractivity contribution in [1.29, 1.82) is 5.26 Å². The Hall–Kier alpha value is -3.92. The molecule has 1 aromatic heterocycles. The summed E-state index contributed by atoms with van der Waals surface area (Å²) >= 11 is 0. The Kier molecular flexibility index (Phi) is 5.66. The predicted octanol–water partition coefficient (Wildman–Crippen LogP) is 4.40. The second-order valence-corrected chi connectivity index (χ2v) is 8.75. The van der Waals surface area contributed by atoms with Crippen LogP contribution >= 0.6 is 0 Å². The van der Waals surface area contributed by atoms with E-state index in [2.05, 4.69) is 28.6 Å². The number of nitrogens with zero attached hydrogens (tertiary/aromatic N) is 4. The van der Waals surface area contributed by atoms with Crippen LogP contribution in [0.2, 0.25) is 0 Å². The van der Waals surface area contributed by atoms with Gasteiger partial charge in [-0.3, -0.25) is 14.3 Å². The van der Waals surface area contributed by atoms with Crippen molar-refractivity contribution in [2.75, 3.05) is 16.8 Å². The van der Waals surface area contributed by atoms with Gasteiger partial charge in [0.15, 0.2) is 0 Å². The van der Waals surface area contributed by atoms with Crippen LogP contribution in [0.25, 0.3) is 0 Å². The lowest BCUT2D eigenvalue weighted by Gasteiger charge is -2.28. The van der Waals surface area contributed by atoms with E-state index in [9.17, 15) is 9.59 Å². The molecule has 2 heterocycles. The topological polar surface area (TPSA) is 91.0 Å². The molecule has 1 saturated carbocycles. The minimum Gasteiger partial charge on any atom is -0.322 e. The van der Waals surface area contributed by atoms with Gasteiger partial charge in [-0.25, -0.2) is 0 Å². The third-order valence-corrected chi connectivity index (χ3v) is 6.56. The second kappa shape index (κ2) is 8.91. The summed E-state index contributed by atoms with van der Waals surface area (Å²) in [5.74, 6) is 0.114. The molecule has 1 fully saturated rings. The van der Waals surface area contributed by atoms with Gasteiger partial charge in [-0.05, 0) is 48.2 Å². The number of hydrogen-bond donors (Lipinski definition) is 1. The molecule has 7 heteroatoms. The van der Waals surface area contributed by atoms with E-state index in [1.807, 2.05) is 12.1 Å². The first-order valence-electron chi connectivity index (χ1n) is 11.4. The van der Waals surface area contributed by atoms with E-state index in [0.717, 1.165) is 18.0 Å². The standard InChI is InChI=1S/C26H25N5O2/c27-16-20-6-3-7-21(15-20)29-25(32)23-17-28-31-13-12-30(26(33)24(23)31)22-10-8-19(9-11-22)14-18-4-1-2-5-18/h3,6-11,15,17-18H,1-2,4-5,12-14H2,(H,29,32). The molecule has 0 atom stereocenters. The average molecular weight is 440 g/mol. The number of anilines is 2. The summed E-state index contributed by atoms with van der Waals surface area (Å²) in [6.45, 7) is 1.02. The number of nitrogens with one attached hydrogen (secondary N) is 1. The summed E-state index contributed by atoms with van der Waals surface area (Å²) in [5, 5.41) is 16.1. The highest BCUT2D eigenvalue weighted by molar-refractivity contribution is 6.15. The van der Waals surface area contributed by atoms with E-state index in [-0.39, 0.29) is 17.2 Å². The molecule has 1 N–H and O–H groups in total. The van der Waals surface area contributed by atoms with E-state index in [1.165, 1.54) is 37.4 Å². The van der Waals surface area contributed by atoms with E-state index in [4.69, 9.17) is 5.26 Å². The molecular weight excluding hydrogens is 414 g/mol. The van der Waals surface area contributed by atoms with Crippen molar-refractivity contribution < 1.29 is 9.59 Å². The number of carbonyl (C=O) groups excluding carboxylic acids is 2. The summed E-state index contributed by atoms with van der Waals surface area (Å²) in [6.07, 6.45) is 7.81. The molecule has 1 aliphatic heterocycles. The number of benzene rings is 2. The van der Waals surface area contributed by atoms with Gasteiger partial charge in [0.1, 0.15) is 5.69 Å². The van der Waals surface area contributed by atoms with Gasteiger partial charge in [0, 0.05) is 17.9 Å². The van der Waals surface area contributed by atoms with E-state index in [0.29, 0.717) is 24.3 Å². The molecule has 0 saturated heterocycles. The van der Waals surface area contributed by atoms with Crippen LogP contribution in [0.15, 0.2) is 54.7 Å². The Morgan fingerprint density at radius 1 is 1.12 bits per heavy atom. The lowest BCUT2D eigenvalue weighted by molar-refractivity contribution is 0.0947. The summed E-state index contributed by atoms with van der Waals surface area (Å²) in [4.78, 5) is 28.0. The first-order chi connectivity index (χ1) is 16.1. The van der Waals surface area contributed by atoms with Crippen molar-refractivity contribution in [1.82, 2.24) is 9.78 Å².